The van der Waals surface area contributed by atoms with Crippen molar-refractivity contribution in [2.45, 2.75) is 38.6 Å². The molecule has 0 saturated carbocycles. The third-order valence-corrected chi connectivity index (χ3v) is 9.70. The first-order valence-corrected chi connectivity index (χ1v) is 19.4. The first-order valence-electron chi connectivity index (χ1n) is 17.8. The van der Waals surface area contributed by atoms with Gasteiger partial charge in [-0.15, -0.1) is 0 Å². The van der Waals surface area contributed by atoms with E-state index in [1.807, 2.05) is 49.5 Å². The molecule has 0 spiro atoms. The molecule has 1 fully saturated rings. The summed E-state index contributed by atoms with van der Waals surface area (Å²) in [6, 6.07) is 23.4. The van der Waals surface area contributed by atoms with Crippen molar-refractivity contribution in [3.8, 4) is 23.0 Å². The van der Waals surface area contributed by atoms with Gasteiger partial charge < -0.3 is 45.1 Å². The van der Waals surface area contributed by atoms with Gasteiger partial charge in [0.05, 0.1) is 36.8 Å². The summed E-state index contributed by atoms with van der Waals surface area (Å²) in [4.78, 5) is 33.2. The monoisotopic (exact) mass is 765 g/mol. The molecule has 1 aliphatic heterocycles. The van der Waals surface area contributed by atoms with Gasteiger partial charge >= 0.3 is 6.03 Å². The highest BCUT2D eigenvalue weighted by Crippen LogP contribution is 2.40. The minimum atomic E-state index is -1.36. The van der Waals surface area contributed by atoms with Gasteiger partial charge in [-0.3, -0.25) is 4.79 Å². The molecule has 1 saturated heterocycles. The van der Waals surface area contributed by atoms with Crippen molar-refractivity contribution in [1.29, 1.82) is 0 Å². The van der Waals surface area contributed by atoms with Crippen LogP contribution in [0, 0.1) is 0 Å². The number of hydrogen-bond donors (Lipinski definition) is 5. The molecule has 288 valence electrons. The van der Waals surface area contributed by atoms with E-state index in [4.69, 9.17) is 14.2 Å². The summed E-state index contributed by atoms with van der Waals surface area (Å²) in [7, 11) is 3.72. The van der Waals surface area contributed by atoms with Gasteiger partial charge in [0, 0.05) is 53.6 Å². The molecule has 5 N–H and O–H groups in total. The van der Waals surface area contributed by atoms with Crippen LogP contribution in [-0.2, 0) is 16.4 Å². The molecular weight excluding hydrogens is 719 g/mol. The van der Waals surface area contributed by atoms with Gasteiger partial charge in [0.1, 0.15) is 34.1 Å². The third kappa shape index (κ3) is 9.45. The number of carbonyl (C=O) groups excluding carboxylic acids is 2. The highest BCUT2D eigenvalue weighted by atomic mass is 32.2. The van der Waals surface area contributed by atoms with Crippen LogP contribution in [0.1, 0.15) is 43.1 Å². The number of rotatable bonds is 12. The van der Waals surface area contributed by atoms with E-state index in [-0.39, 0.29) is 17.4 Å². The second kappa shape index (κ2) is 16.7. The number of carbonyl (C=O) groups is 2. The molecule has 2 heterocycles. The lowest BCUT2D eigenvalue weighted by Gasteiger charge is -2.24. The summed E-state index contributed by atoms with van der Waals surface area (Å²) < 4.78 is 32.6. The van der Waals surface area contributed by atoms with Crippen molar-refractivity contribution >= 4 is 62.3 Å². The van der Waals surface area contributed by atoms with E-state index in [1.165, 1.54) is 20.5 Å². The van der Waals surface area contributed by atoms with E-state index in [0.717, 1.165) is 35.8 Å². The lowest BCUT2D eigenvalue weighted by Crippen LogP contribution is -2.36. The molecule has 2 atom stereocenters. The predicted octanol–water partition coefficient (Wildman–Crippen LogP) is 7.87. The van der Waals surface area contributed by atoms with Crippen LogP contribution in [0.15, 0.2) is 85.1 Å². The molecule has 6 rings (SSSR count). The Hall–Kier alpha value is -5.86. The Bertz CT molecular complexity index is 2240. The quantitative estimate of drug-likeness (QED) is 0.0854. The topological polar surface area (TPSA) is 155 Å². The summed E-state index contributed by atoms with van der Waals surface area (Å²) in [5, 5.41) is 13.8. The zero-order valence-corrected chi connectivity index (χ0v) is 32.9. The molecule has 0 radical (unpaired) electrons. The summed E-state index contributed by atoms with van der Waals surface area (Å²) in [5.74, 6) is 2.28. The minimum absolute atomic E-state index is 0.107. The number of likely N-dealkylation sites (tertiary alicyclic amines) is 1. The van der Waals surface area contributed by atoms with E-state index in [9.17, 15) is 13.8 Å². The molecule has 14 heteroatoms. The molecule has 1 aromatic heterocycles. The number of fused-ring (bicyclic) bond motifs is 1. The SMILES string of the molecule is COc1cc(Nc2cc(Oc3ccc(NC(=O)Nc4cc(C(C)(C)C)cc(NS(C)=O)c4OC)c4ccccc34)ccn2)ccc1C(=O)N[C@@H]1CCN(C)C1. The maximum Gasteiger partial charge on any atom is 0.323 e. The van der Waals surface area contributed by atoms with Gasteiger partial charge in [-0.1, -0.05) is 45.0 Å². The molecule has 1 aliphatic rings. The third-order valence-electron chi connectivity index (χ3n) is 9.20. The number of urea groups is 1. The standard InChI is InChI=1S/C41H47N7O6S/c1-41(2,3)25-20-33(38(53-6)34(21-25)47-55(7)51)46-40(50)45-32-14-15-35(30-11-9-8-10-29(30)32)54-28-16-18-42-37(23-28)43-26-12-13-31(36(22-26)52-5)39(49)44-27-17-19-48(4)24-27/h8-16,18,20-23,27,47H,17,19,24H2,1-7H3,(H,42,43)(H,44,49)(H2,45,46,50)/t27-,55?/m1/s1. The number of amides is 3. The lowest BCUT2D eigenvalue weighted by molar-refractivity contribution is 0.0935. The van der Waals surface area contributed by atoms with Gasteiger partial charge in [-0.05, 0) is 73.5 Å². The van der Waals surface area contributed by atoms with Crippen molar-refractivity contribution in [1.82, 2.24) is 15.2 Å². The van der Waals surface area contributed by atoms with Crippen LogP contribution in [0.25, 0.3) is 10.8 Å². The van der Waals surface area contributed by atoms with Gasteiger partial charge in [0.15, 0.2) is 5.75 Å². The summed E-state index contributed by atoms with van der Waals surface area (Å²) in [5.41, 5.74) is 3.32. The molecule has 0 bridgehead atoms. The lowest BCUT2D eigenvalue weighted by atomic mass is 9.86. The zero-order valence-electron chi connectivity index (χ0n) is 32.0. The van der Waals surface area contributed by atoms with E-state index in [0.29, 0.717) is 57.1 Å². The zero-order chi connectivity index (χ0) is 39.3. The maximum absolute atomic E-state index is 13.5. The number of pyridine rings is 1. The fraction of sp³-hybridized carbons (Fsp3) is 0.293. The van der Waals surface area contributed by atoms with E-state index in [2.05, 4.69) is 56.6 Å². The van der Waals surface area contributed by atoms with Gasteiger partial charge in [-0.25, -0.2) is 14.0 Å². The Morgan fingerprint density at radius 1 is 0.873 bits per heavy atom. The molecule has 55 heavy (non-hydrogen) atoms. The van der Waals surface area contributed by atoms with Crippen LogP contribution in [-0.4, -0.2) is 72.7 Å². The molecule has 4 aromatic carbocycles. The number of nitrogens with zero attached hydrogens (tertiary/aromatic N) is 2. The highest BCUT2D eigenvalue weighted by molar-refractivity contribution is 7.85. The first kappa shape index (κ1) is 38.9. The normalized spacial score (nSPS) is 14.9. The fourth-order valence-corrected chi connectivity index (χ4v) is 6.90. The second-order valence-corrected chi connectivity index (χ2v) is 15.5. The van der Waals surface area contributed by atoms with Crippen molar-refractivity contribution < 1.29 is 28.0 Å². The van der Waals surface area contributed by atoms with Crippen LogP contribution in [0.3, 0.4) is 0 Å². The molecule has 0 aliphatic carbocycles. The van der Waals surface area contributed by atoms with Gasteiger partial charge in [0.25, 0.3) is 5.91 Å². The van der Waals surface area contributed by atoms with Crippen molar-refractivity contribution in [2.75, 3.05) is 61.3 Å². The molecule has 3 amide bonds. The Kier molecular flexibility index (Phi) is 11.8. The van der Waals surface area contributed by atoms with Crippen LogP contribution >= 0.6 is 0 Å². The van der Waals surface area contributed by atoms with E-state index >= 15 is 0 Å². The van der Waals surface area contributed by atoms with Crippen LogP contribution in [0.2, 0.25) is 0 Å². The van der Waals surface area contributed by atoms with Crippen LogP contribution < -0.4 is 40.2 Å². The van der Waals surface area contributed by atoms with Crippen molar-refractivity contribution in [3.05, 3.63) is 96.2 Å². The number of benzene rings is 4. The predicted molar refractivity (Wildman–Crippen MR) is 220 cm³/mol. The Morgan fingerprint density at radius 3 is 2.31 bits per heavy atom. The summed E-state index contributed by atoms with van der Waals surface area (Å²) in [6.07, 6.45) is 4.08. The van der Waals surface area contributed by atoms with Crippen molar-refractivity contribution in [3.63, 3.8) is 0 Å². The van der Waals surface area contributed by atoms with Crippen LogP contribution in [0.4, 0.5) is 33.4 Å². The highest BCUT2D eigenvalue weighted by Gasteiger charge is 2.24. The number of methoxy groups -OCH3 is 2. The Balaban J connectivity index is 1.18. The minimum Gasteiger partial charge on any atom is -0.496 e. The molecule has 1 unspecified atom stereocenters. The van der Waals surface area contributed by atoms with Crippen molar-refractivity contribution in [2.24, 2.45) is 0 Å². The number of aromatic nitrogens is 1. The second-order valence-electron chi connectivity index (χ2n) is 14.4. The number of hydrogen-bond acceptors (Lipinski definition) is 9. The largest absolute Gasteiger partial charge is 0.496 e. The van der Waals surface area contributed by atoms with Gasteiger partial charge in [-0.2, -0.15) is 0 Å². The maximum atomic E-state index is 13.5. The number of likely N-dealkylation sites (N-methyl/N-ethyl adjacent to an activating group) is 1. The molecular formula is C41H47N7O6S. The fourth-order valence-electron chi connectivity index (χ4n) is 6.44. The summed E-state index contributed by atoms with van der Waals surface area (Å²) >= 11 is 0. The molecule has 5 aromatic rings. The van der Waals surface area contributed by atoms with E-state index < -0.39 is 17.0 Å². The summed E-state index contributed by atoms with van der Waals surface area (Å²) in [6.45, 7) is 7.94. The average molecular weight is 766 g/mol. The smallest absolute Gasteiger partial charge is 0.323 e. The van der Waals surface area contributed by atoms with Crippen LogP contribution in [0.5, 0.6) is 23.0 Å². The molecule has 13 nitrogen and oxygen atoms in total. The first-order chi connectivity index (χ1) is 26.3. The van der Waals surface area contributed by atoms with E-state index in [1.54, 1.807) is 42.6 Å². The Labute approximate surface area is 323 Å². The number of nitrogens with one attached hydrogen (secondary N) is 5. The average Bonchev–Trinajstić information content (AvgIpc) is 3.55. The number of anilines is 5. The number of ether oxygens (including phenoxy) is 3. The van der Waals surface area contributed by atoms with Gasteiger partial charge in [0.2, 0.25) is 0 Å². The Morgan fingerprint density at radius 2 is 1.62 bits per heavy atom.